The highest BCUT2D eigenvalue weighted by Crippen LogP contribution is 2.30. The summed E-state index contributed by atoms with van der Waals surface area (Å²) in [6, 6.07) is 19.0. The van der Waals surface area contributed by atoms with E-state index in [9.17, 15) is 9.59 Å². The van der Waals surface area contributed by atoms with Crippen LogP contribution in [0.3, 0.4) is 0 Å². The van der Waals surface area contributed by atoms with Crippen molar-refractivity contribution in [2.45, 2.75) is 13.0 Å². The largest absolute Gasteiger partial charge is 0.497 e. The normalized spacial score (nSPS) is 11.7. The lowest BCUT2D eigenvalue weighted by atomic mass is 10.2. The molecule has 0 radical (unpaired) electrons. The van der Waals surface area contributed by atoms with Crippen molar-refractivity contribution in [3.05, 3.63) is 71.6 Å². The molecule has 1 heterocycles. The minimum Gasteiger partial charge on any atom is -0.497 e. The van der Waals surface area contributed by atoms with Gasteiger partial charge in [0.2, 0.25) is 0 Å². The first-order chi connectivity index (χ1) is 15.0. The Morgan fingerprint density at radius 2 is 1.77 bits per heavy atom. The SMILES string of the molecule is COc1ccc(OC)c(NC(=O)C(C)OC(=O)/C=C/c2ccc(-c3ccccc3)s2)c1. The number of carbonyl (C=O) groups excluding carboxylic acids is 2. The van der Waals surface area contributed by atoms with Crippen molar-refractivity contribution >= 4 is 35.0 Å². The van der Waals surface area contributed by atoms with Gasteiger partial charge >= 0.3 is 5.97 Å². The monoisotopic (exact) mass is 437 g/mol. The molecule has 0 aliphatic heterocycles. The summed E-state index contributed by atoms with van der Waals surface area (Å²) in [5, 5.41) is 2.69. The minimum atomic E-state index is -0.990. The Morgan fingerprint density at radius 3 is 2.48 bits per heavy atom. The third-order valence-corrected chi connectivity index (χ3v) is 5.50. The molecule has 0 aliphatic carbocycles. The zero-order valence-electron chi connectivity index (χ0n) is 17.5. The molecule has 1 atom stereocenters. The van der Waals surface area contributed by atoms with Crippen LogP contribution < -0.4 is 14.8 Å². The molecule has 0 saturated heterocycles. The van der Waals surface area contributed by atoms with Crippen LogP contribution in [0.5, 0.6) is 11.5 Å². The summed E-state index contributed by atoms with van der Waals surface area (Å²) >= 11 is 1.56. The van der Waals surface area contributed by atoms with Crippen molar-refractivity contribution in [3.8, 4) is 21.9 Å². The number of amides is 1. The van der Waals surface area contributed by atoms with Crippen LogP contribution in [0.1, 0.15) is 11.8 Å². The average Bonchev–Trinajstić information content (AvgIpc) is 3.27. The summed E-state index contributed by atoms with van der Waals surface area (Å²) < 4.78 is 15.6. The van der Waals surface area contributed by atoms with E-state index >= 15 is 0 Å². The lowest BCUT2D eigenvalue weighted by Crippen LogP contribution is -2.29. The first kappa shape index (κ1) is 22.1. The fourth-order valence-electron chi connectivity index (χ4n) is 2.76. The number of ether oxygens (including phenoxy) is 3. The summed E-state index contributed by atoms with van der Waals surface area (Å²) in [5.74, 6) is -0.0419. The standard InChI is InChI=1S/C24H23NO5S/c1-16(24(27)25-20-15-18(28-2)9-12-21(20)29-3)30-23(26)14-11-19-10-13-22(31-19)17-7-5-4-6-8-17/h4-16H,1-3H3,(H,25,27)/b14-11+. The van der Waals surface area contributed by atoms with Crippen molar-refractivity contribution in [1.29, 1.82) is 0 Å². The fraction of sp³-hybridized carbons (Fsp3) is 0.167. The highest BCUT2D eigenvalue weighted by molar-refractivity contribution is 7.16. The minimum absolute atomic E-state index is 0.428. The van der Waals surface area contributed by atoms with Crippen LogP contribution in [0.15, 0.2) is 66.7 Å². The zero-order valence-corrected chi connectivity index (χ0v) is 18.3. The first-order valence-corrected chi connectivity index (χ1v) is 10.4. The van der Waals surface area contributed by atoms with Gasteiger partial charge in [-0.25, -0.2) is 4.79 Å². The van der Waals surface area contributed by atoms with E-state index < -0.39 is 18.0 Å². The number of esters is 1. The number of thiophene rings is 1. The molecule has 3 rings (SSSR count). The predicted molar refractivity (Wildman–Crippen MR) is 123 cm³/mol. The summed E-state index contributed by atoms with van der Waals surface area (Å²) in [6.07, 6.45) is 2.00. The van der Waals surface area contributed by atoms with Crippen molar-refractivity contribution in [2.24, 2.45) is 0 Å². The molecule has 160 valence electrons. The molecule has 1 N–H and O–H groups in total. The lowest BCUT2D eigenvalue weighted by molar-refractivity contribution is -0.148. The first-order valence-electron chi connectivity index (χ1n) is 9.57. The Bertz CT molecular complexity index is 1070. The van der Waals surface area contributed by atoms with E-state index in [0.717, 1.165) is 15.3 Å². The zero-order chi connectivity index (χ0) is 22.2. The smallest absolute Gasteiger partial charge is 0.331 e. The van der Waals surface area contributed by atoms with Gasteiger partial charge in [-0.1, -0.05) is 30.3 Å². The van der Waals surface area contributed by atoms with Crippen LogP contribution in [0.2, 0.25) is 0 Å². The van der Waals surface area contributed by atoms with Gasteiger partial charge in [-0.15, -0.1) is 11.3 Å². The Balaban J connectivity index is 1.58. The van der Waals surface area contributed by atoms with Crippen molar-refractivity contribution in [2.75, 3.05) is 19.5 Å². The maximum absolute atomic E-state index is 12.4. The number of rotatable bonds is 8. The number of hydrogen-bond acceptors (Lipinski definition) is 6. The van der Waals surface area contributed by atoms with Gasteiger partial charge in [0.25, 0.3) is 5.91 Å². The second-order valence-corrected chi connectivity index (χ2v) is 7.65. The highest BCUT2D eigenvalue weighted by Gasteiger charge is 2.18. The second-order valence-electron chi connectivity index (χ2n) is 6.54. The lowest BCUT2D eigenvalue weighted by Gasteiger charge is -2.15. The van der Waals surface area contributed by atoms with E-state index in [2.05, 4.69) is 5.32 Å². The van der Waals surface area contributed by atoms with E-state index in [4.69, 9.17) is 14.2 Å². The van der Waals surface area contributed by atoms with Gasteiger partial charge in [-0.05, 0) is 42.8 Å². The molecular weight excluding hydrogens is 414 g/mol. The van der Waals surface area contributed by atoms with Crippen molar-refractivity contribution in [1.82, 2.24) is 0 Å². The topological polar surface area (TPSA) is 73.9 Å². The van der Waals surface area contributed by atoms with Crippen LogP contribution >= 0.6 is 11.3 Å². The molecule has 0 spiro atoms. The molecular formula is C24H23NO5S. The molecule has 1 aromatic heterocycles. The molecule has 0 fully saturated rings. The van der Waals surface area contributed by atoms with Crippen LogP contribution in [0.4, 0.5) is 5.69 Å². The molecule has 0 bridgehead atoms. The van der Waals surface area contributed by atoms with E-state index in [1.807, 2.05) is 42.5 Å². The Morgan fingerprint density at radius 1 is 1.00 bits per heavy atom. The van der Waals surface area contributed by atoms with E-state index in [1.54, 1.807) is 35.6 Å². The van der Waals surface area contributed by atoms with E-state index in [0.29, 0.717) is 17.2 Å². The van der Waals surface area contributed by atoms with Crippen LogP contribution in [-0.4, -0.2) is 32.2 Å². The second kappa shape index (κ2) is 10.4. The predicted octanol–water partition coefficient (Wildman–Crippen LogP) is 5.02. The molecule has 2 aromatic carbocycles. The molecule has 6 nitrogen and oxygen atoms in total. The Hall–Kier alpha value is -3.58. The molecule has 1 amide bonds. The van der Waals surface area contributed by atoms with Gasteiger partial charge in [0.1, 0.15) is 11.5 Å². The molecule has 3 aromatic rings. The highest BCUT2D eigenvalue weighted by atomic mass is 32.1. The van der Waals surface area contributed by atoms with Crippen molar-refractivity contribution in [3.63, 3.8) is 0 Å². The number of anilines is 1. The van der Waals surface area contributed by atoms with Gasteiger partial charge in [0.15, 0.2) is 6.10 Å². The maximum atomic E-state index is 12.4. The molecule has 0 saturated carbocycles. The fourth-order valence-corrected chi connectivity index (χ4v) is 3.68. The van der Waals surface area contributed by atoms with Gasteiger partial charge in [0.05, 0.1) is 19.9 Å². The number of nitrogens with one attached hydrogen (secondary N) is 1. The molecule has 1 unspecified atom stereocenters. The number of methoxy groups -OCH3 is 2. The average molecular weight is 438 g/mol. The van der Waals surface area contributed by atoms with E-state index in [1.165, 1.54) is 27.2 Å². The van der Waals surface area contributed by atoms with Crippen LogP contribution in [-0.2, 0) is 14.3 Å². The number of hydrogen-bond donors (Lipinski definition) is 1. The van der Waals surface area contributed by atoms with Gasteiger partial charge < -0.3 is 19.5 Å². The quantitative estimate of drug-likeness (QED) is 0.396. The molecule has 0 aliphatic rings. The number of benzene rings is 2. The van der Waals surface area contributed by atoms with Gasteiger partial charge in [0, 0.05) is 21.9 Å². The third-order valence-electron chi connectivity index (χ3n) is 4.40. The summed E-state index contributed by atoms with van der Waals surface area (Å²) in [5.41, 5.74) is 1.55. The summed E-state index contributed by atoms with van der Waals surface area (Å²) in [6.45, 7) is 1.51. The van der Waals surface area contributed by atoms with Crippen LogP contribution in [0.25, 0.3) is 16.5 Å². The molecule has 7 heteroatoms. The van der Waals surface area contributed by atoms with Gasteiger partial charge in [-0.2, -0.15) is 0 Å². The van der Waals surface area contributed by atoms with Gasteiger partial charge in [-0.3, -0.25) is 4.79 Å². The number of carbonyl (C=O) groups is 2. The summed E-state index contributed by atoms with van der Waals surface area (Å²) in [7, 11) is 3.03. The maximum Gasteiger partial charge on any atom is 0.331 e. The molecule has 31 heavy (non-hydrogen) atoms. The Kier molecular flexibility index (Phi) is 7.45. The van der Waals surface area contributed by atoms with Crippen LogP contribution in [0, 0.1) is 0 Å². The Labute approximate surface area is 185 Å². The summed E-state index contributed by atoms with van der Waals surface area (Å²) in [4.78, 5) is 26.6. The third kappa shape index (κ3) is 5.96. The van der Waals surface area contributed by atoms with Crippen molar-refractivity contribution < 1.29 is 23.8 Å². The van der Waals surface area contributed by atoms with E-state index in [-0.39, 0.29) is 0 Å².